The lowest BCUT2D eigenvalue weighted by atomic mass is 9.86. The number of nitrogens with one attached hydrogen (secondary N) is 1. The van der Waals surface area contributed by atoms with Crippen molar-refractivity contribution in [3.63, 3.8) is 0 Å². The van der Waals surface area contributed by atoms with E-state index in [9.17, 15) is 0 Å². The van der Waals surface area contributed by atoms with Crippen LogP contribution in [-0.2, 0) is 6.54 Å². The second kappa shape index (κ2) is 4.10. The molecule has 0 saturated carbocycles. The fraction of sp³-hybridized carbons (Fsp3) is 0.571. The summed E-state index contributed by atoms with van der Waals surface area (Å²) in [6.45, 7) is 8.94. The molecule has 16 heavy (non-hydrogen) atoms. The van der Waals surface area contributed by atoms with Crippen molar-refractivity contribution < 1.29 is 0 Å². The highest BCUT2D eigenvalue weighted by molar-refractivity contribution is 5.54. The van der Waals surface area contributed by atoms with Crippen molar-refractivity contribution in [1.82, 2.24) is 5.32 Å². The lowest BCUT2D eigenvalue weighted by molar-refractivity contribution is 0.274. The van der Waals surface area contributed by atoms with Crippen molar-refractivity contribution in [3.05, 3.63) is 29.8 Å². The quantitative estimate of drug-likeness (QED) is 0.720. The van der Waals surface area contributed by atoms with Crippen LogP contribution in [0.15, 0.2) is 24.3 Å². The molecule has 2 nitrogen and oxygen atoms in total. The Labute approximate surface area is 98.7 Å². The van der Waals surface area contributed by atoms with Gasteiger partial charge in [0.2, 0.25) is 0 Å². The molecule has 1 heterocycles. The summed E-state index contributed by atoms with van der Waals surface area (Å²) >= 11 is 0. The Hall–Kier alpha value is -1.02. The fourth-order valence-electron chi connectivity index (χ4n) is 2.28. The molecule has 1 aromatic rings. The Balaban J connectivity index is 2.26. The van der Waals surface area contributed by atoms with Gasteiger partial charge in [-0.1, -0.05) is 39.0 Å². The summed E-state index contributed by atoms with van der Waals surface area (Å²) in [6, 6.07) is 9.19. The summed E-state index contributed by atoms with van der Waals surface area (Å²) in [5, 5.41) is 3.67. The number of para-hydroxylation sites is 1. The summed E-state index contributed by atoms with van der Waals surface area (Å²) in [4.78, 5) is 2.37. The highest BCUT2D eigenvalue weighted by Crippen LogP contribution is 2.27. The maximum atomic E-state index is 3.67. The number of likely N-dealkylation sites (N-methyl/N-ethyl adjacent to an activating group) is 1. The molecule has 0 amide bonds. The van der Waals surface area contributed by atoms with E-state index in [1.165, 1.54) is 11.3 Å². The van der Waals surface area contributed by atoms with E-state index in [0.29, 0.717) is 11.5 Å². The highest BCUT2D eigenvalue weighted by Gasteiger charge is 2.28. The normalized spacial score (nSPS) is 21.5. The Morgan fingerprint density at radius 2 is 1.94 bits per heavy atom. The summed E-state index contributed by atoms with van der Waals surface area (Å²) in [6.07, 6.45) is 0. The van der Waals surface area contributed by atoms with Crippen LogP contribution >= 0.6 is 0 Å². The third-order valence-electron chi connectivity index (χ3n) is 3.44. The van der Waals surface area contributed by atoms with Gasteiger partial charge in [0.25, 0.3) is 0 Å². The van der Waals surface area contributed by atoms with Gasteiger partial charge in [-0.2, -0.15) is 0 Å². The van der Waals surface area contributed by atoms with Gasteiger partial charge in [-0.3, -0.25) is 0 Å². The van der Waals surface area contributed by atoms with E-state index >= 15 is 0 Å². The molecule has 1 N–H and O–H groups in total. The summed E-state index contributed by atoms with van der Waals surface area (Å²) in [5.74, 6) is 0. The molecule has 0 saturated heterocycles. The van der Waals surface area contributed by atoms with Crippen molar-refractivity contribution in [2.45, 2.75) is 33.4 Å². The minimum absolute atomic E-state index is 0.302. The van der Waals surface area contributed by atoms with E-state index < -0.39 is 0 Å². The summed E-state index contributed by atoms with van der Waals surface area (Å²) in [7, 11) is 2.19. The SMILES string of the molecule is CN1CC(C(C)(C)C)NCc2ccccc21. The Bertz CT molecular complexity index is 365. The van der Waals surface area contributed by atoms with Crippen molar-refractivity contribution in [2.75, 3.05) is 18.5 Å². The van der Waals surface area contributed by atoms with Crippen LogP contribution in [0.25, 0.3) is 0 Å². The molecular weight excluding hydrogens is 196 g/mol. The zero-order chi connectivity index (χ0) is 11.8. The first-order chi connectivity index (χ1) is 7.48. The molecule has 1 aliphatic rings. The van der Waals surface area contributed by atoms with E-state index in [-0.39, 0.29) is 0 Å². The lowest BCUT2D eigenvalue weighted by Gasteiger charge is -2.33. The zero-order valence-electron chi connectivity index (χ0n) is 10.7. The van der Waals surface area contributed by atoms with Crippen LogP contribution < -0.4 is 10.2 Å². The Kier molecular flexibility index (Phi) is 2.94. The molecular formula is C14H22N2. The Morgan fingerprint density at radius 3 is 2.62 bits per heavy atom. The predicted molar refractivity (Wildman–Crippen MR) is 69.8 cm³/mol. The fourth-order valence-corrected chi connectivity index (χ4v) is 2.28. The van der Waals surface area contributed by atoms with Gasteiger partial charge in [0.1, 0.15) is 0 Å². The lowest BCUT2D eigenvalue weighted by Crippen LogP contribution is -2.45. The minimum Gasteiger partial charge on any atom is -0.373 e. The van der Waals surface area contributed by atoms with Gasteiger partial charge in [-0.25, -0.2) is 0 Å². The average Bonchev–Trinajstić information content (AvgIpc) is 2.38. The third-order valence-corrected chi connectivity index (χ3v) is 3.44. The van der Waals surface area contributed by atoms with Gasteiger partial charge in [0.05, 0.1) is 0 Å². The first kappa shape index (κ1) is 11.5. The molecule has 0 fully saturated rings. The van der Waals surface area contributed by atoms with Crippen molar-refractivity contribution in [3.8, 4) is 0 Å². The molecule has 0 bridgehead atoms. The largest absolute Gasteiger partial charge is 0.373 e. The molecule has 0 aliphatic carbocycles. The van der Waals surface area contributed by atoms with E-state index in [2.05, 4.69) is 62.3 Å². The maximum Gasteiger partial charge on any atom is 0.0409 e. The molecule has 88 valence electrons. The van der Waals surface area contributed by atoms with Crippen LogP contribution in [0, 0.1) is 5.41 Å². The predicted octanol–water partition coefficient (Wildman–Crippen LogP) is 2.64. The van der Waals surface area contributed by atoms with Gasteiger partial charge in [0, 0.05) is 31.9 Å². The number of benzene rings is 1. The van der Waals surface area contributed by atoms with Crippen molar-refractivity contribution in [1.29, 1.82) is 0 Å². The summed E-state index contributed by atoms with van der Waals surface area (Å²) < 4.78 is 0. The monoisotopic (exact) mass is 218 g/mol. The molecule has 1 unspecified atom stereocenters. The second-order valence-corrected chi connectivity index (χ2v) is 5.81. The molecule has 0 aromatic heterocycles. The van der Waals surface area contributed by atoms with Gasteiger partial charge < -0.3 is 10.2 Å². The molecule has 0 spiro atoms. The number of fused-ring (bicyclic) bond motifs is 1. The second-order valence-electron chi connectivity index (χ2n) is 5.81. The molecule has 1 aromatic carbocycles. The molecule has 0 radical (unpaired) electrons. The molecule has 1 aliphatic heterocycles. The average molecular weight is 218 g/mol. The first-order valence-corrected chi connectivity index (χ1v) is 6.01. The highest BCUT2D eigenvalue weighted by atomic mass is 15.2. The number of hydrogen-bond donors (Lipinski definition) is 1. The van der Waals surface area contributed by atoms with Crippen LogP contribution in [0.1, 0.15) is 26.3 Å². The molecule has 2 heteroatoms. The summed E-state index contributed by atoms with van der Waals surface area (Å²) in [5.41, 5.74) is 3.06. The van der Waals surface area contributed by atoms with E-state index in [1.807, 2.05) is 0 Å². The van der Waals surface area contributed by atoms with Crippen LogP contribution in [0.2, 0.25) is 0 Å². The van der Waals surface area contributed by atoms with E-state index in [0.717, 1.165) is 13.1 Å². The smallest absolute Gasteiger partial charge is 0.0409 e. The van der Waals surface area contributed by atoms with Crippen molar-refractivity contribution in [2.24, 2.45) is 5.41 Å². The van der Waals surface area contributed by atoms with Gasteiger partial charge in [-0.15, -0.1) is 0 Å². The maximum absolute atomic E-state index is 3.67. The number of rotatable bonds is 0. The van der Waals surface area contributed by atoms with E-state index in [1.54, 1.807) is 0 Å². The molecule has 2 rings (SSSR count). The number of nitrogens with zero attached hydrogens (tertiary/aromatic N) is 1. The topological polar surface area (TPSA) is 15.3 Å². The standard InChI is InChI=1S/C14H22N2/c1-14(2,3)13-10-16(4)12-8-6-5-7-11(12)9-15-13/h5-8,13,15H,9-10H2,1-4H3. The minimum atomic E-state index is 0.302. The van der Waals surface area contributed by atoms with Crippen LogP contribution in [0.3, 0.4) is 0 Å². The van der Waals surface area contributed by atoms with Crippen molar-refractivity contribution >= 4 is 5.69 Å². The number of hydrogen-bond acceptors (Lipinski definition) is 2. The Morgan fingerprint density at radius 1 is 1.25 bits per heavy atom. The van der Waals surface area contributed by atoms with E-state index in [4.69, 9.17) is 0 Å². The molecule has 1 atom stereocenters. The first-order valence-electron chi connectivity index (χ1n) is 6.01. The van der Waals surface area contributed by atoms with Gasteiger partial charge in [0.15, 0.2) is 0 Å². The third kappa shape index (κ3) is 2.22. The number of anilines is 1. The van der Waals surface area contributed by atoms with Crippen LogP contribution in [-0.4, -0.2) is 19.6 Å². The van der Waals surface area contributed by atoms with Gasteiger partial charge in [-0.05, 0) is 17.0 Å². The van der Waals surface area contributed by atoms with Gasteiger partial charge >= 0.3 is 0 Å². The van der Waals surface area contributed by atoms with Crippen LogP contribution in [0.5, 0.6) is 0 Å². The van der Waals surface area contributed by atoms with Crippen LogP contribution in [0.4, 0.5) is 5.69 Å². The zero-order valence-corrected chi connectivity index (χ0v) is 10.7.